The van der Waals surface area contributed by atoms with Gasteiger partial charge in [-0.05, 0) is 0 Å². The van der Waals surface area contributed by atoms with E-state index in [1.807, 2.05) is 0 Å². The predicted molar refractivity (Wildman–Crippen MR) is 41.3 cm³/mol. The van der Waals surface area contributed by atoms with E-state index in [0.29, 0.717) is 6.26 Å². The second-order valence-corrected chi connectivity index (χ2v) is 4.77. The molecule has 1 rings (SSSR count). The summed E-state index contributed by atoms with van der Waals surface area (Å²) in [5.41, 5.74) is -1.37. The van der Waals surface area contributed by atoms with Gasteiger partial charge in [-0.15, -0.1) is 0 Å². The van der Waals surface area contributed by atoms with Crippen LogP contribution in [0.3, 0.4) is 0 Å². The molecule has 0 spiro atoms. The van der Waals surface area contributed by atoms with Crippen molar-refractivity contribution >= 4 is 9.84 Å². The first-order valence-corrected chi connectivity index (χ1v) is 5.32. The zero-order valence-electron chi connectivity index (χ0n) is 7.33. The fraction of sp³-hybridized carbons (Fsp3) is 0.500. The Kier molecular flexibility index (Phi) is 2.34. The van der Waals surface area contributed by atoms with Crippen molar-refractivity contribution in [1.82, 2.24) is 9.78 Å². The summed E-state index contributed by atoms with van der Waals surface area (Å²) in [7, 11) is -2.67. The topological polar surface area (TPSA) is 52.0 Å². The van der Waals surface area contributed by atoms with Crippen LogP contribution in [0.5, 0.6) is 0 Å². The monoisotopic (exact) mass is 228 g/mol. The highest BCUT2D eigenvalue weighted by Gasteiger charge is 2.39. The Morgan fingerprint density at radius 3 is 2.21 bits per heavy atom. The van der Waals surface area contributed by atoms with Gasteiger partial charge < -0.3 is 0 Å². The number of hydrogen-bond donors (Lipinski definition) is 0. The van der Waals surface area contributed by atoms with Crippen molar-refractivity contribution in [2.24, 2.45) is 7.05 Å². The van der Waals surface area contributed by atoms with Crippen molar-refractivity contribution in [3.8, 4) is 0 Å². The number of aryl methyl sites for hydroxylation is 1. The van der Waals surface area contributed by atoms with Crippen LogP contribution in [0.4, 0.5) is 13.2 Å². The molecule has 0 aromatic carbocycles. The maximum absolute atomic E-state index is 12.3. The molecule has 0 aliphatic heterocycles. The molecule has 0 bridgehead atoms. The van der Waals surface area contributed by atoms with E-state index in [9.17, 15) is 21.6 Å². The van der Waals surface area contributed by atoms with Gasteiger partial charge in [-0.2, -0.15) is 18.3 Å². The van der Waals surface area contributed by atoms with Gasteiger partial charge in [-0.3, -0.25) is 4.68 Å². The maximum atomic E-state index is 12.3. The summed E-state index contributed by atoms with van der Waals surface area (Å²) in [6.07, 6.45) is -3.21. The van der Waals surface area contributed by atoms with Gasteiger partial charge >= 0.3 is 6.18 Å². The van der Waals surface area contributed by atoms with Gasteiger partial charge in [0.15, 0.2) is 15.5 Å². The third-order valence-corrected chi connectivity index (χ3v) is 2.56. The molecule has 0 saturated carbocycles. The van der Waals surface area contributed by atoms with Crippen LogP contribution in [0.25, 0.3) is 0 Å². The van der Waals surface area contributed by atoms with E-state index in [1.165, 1.54) is 7.05 Å². The first-order chi connectivity index (χ1) is 6.12. The zero-order valence-corrected chi connectivity index (χ0v) is 8.15. The molecule has 80 valence electrons. The summed E-state index contributed by atoms with van der Waals surface area (Å²) in [6.45, 7) is 0. The Hall–Kier alpha value is -1.05. The van der Waals surface area contributed by atoms with E-state index in [1.54, 1.807) is 0 Å². The Balaban J connectivity index is 3.46. The fourth-order valence-electron chi connectivity index (χ4n) is 0.934. The van der Waals surface area contributed by atoms with Gasteiger partial charge in [-0.1, -0.05) is 0 Å². The zero-order chi connectivity index (χ0) is 11.1. The summed E-state index contributed by atoms with van der Waals surface area (Å²) in [6, 6.07) is 0. The Labute approximate surface area is 78.3 Å². The molecule has 1 aromatic rings. The summed E-state index contributed by atoms with van der Waals surface area (Å²) >= 11 is 0. The van der Waals surface area contributed by atoms with Gasteiger partial charge in [-0.25, -0.2) is 8.42 Å². The highest BCUT2D eigenvalue weighted by Crippen LogP contribution is 2.32. The van der Waals surface area contributed by atoms with Crippen molar-refractivity contribution < 1.29 is 21.6 Å². The average Bonchev–Trinajstić information content (AvgIpc) is 2.27. The molecule has 0 aliphatic rings. The van der Waals surface area contributed by atoms with Crippen molar-refractivity contribution in [2.45, 2.75) is 11.1 Å². The summed E-state index contributed by atoms with van der Waals surface area (Å²) in [4.78, 5) is -0.799. The molecule has 4 nitrogen and oxygen atoms in total. The molecule has 8 heteroatoms. The van der Waals surface area contributed by atoms with Crippen LogP contribution >= 0.6 is 0 Å². The molecule has 0 N–H and O–H groups in total. The number of alkyl halides is 3. The van der Waals surface area contributed by atoms with Crippen LogP contribution in [0, 0.1) is 0 Å². The Bertz CT molecular complexity index is 446. The first kappa shape index (κ1) is 11.0. The van der Waals surface area contributed by atoms with Crippen molar-refractivity contribution in [3.63, 3.8) is 0 Å². The molecule has 0 unspecified atom stereocenters. The van der Waals surface area contributed by atoms with Gasteiger partial charge in [0.05, 0.1) is 0 Å². The largest absolute Gasteiger partial charge is 0.436 e. The van der Waals surface area contributed by atoms with E-state index in [2.05, 4.69) is 5.10 Å². The van der Waals surface area contributed by atoms with Crippen LogP contribution in [-0.4, -0.2) is 24.5 Å². The SMILES string of the molecule is Cn1cc(S(C)(=O)=O)c(C(F)(F)F)n1. The molecule has 0 radical (unpaired) electrons. The molecular formula is C6H7F3N2O2S. The summed E-state index contributed by atoms with van der Waals surface area (Å²) in [5, 5.41) is 3.06. The second kappa shape index (κ2) is 2.97. The van der Waals surface area contributed by atoms with Crippen LogP contribution in [-0.2, 0) is 23.1 Å². The molecule has 1 aromatic heterocycles. The molecule has 0 atom stereocenters. The van der Waals surface area contributed by atoms with Crippen LogP contribution in [0.15, 0.2) is 11.1 Å². The van der Waals surface area contributed by atoms with E-state index in [-0.39, 0.29) is 0 Å². The van der Waals surface area contributed by atoms with Crippen molar-refractivity contribution in [3.05, 3.63) is 11.9 Å². The number of aromatic nitrogens is 2. The lowest BCUT2D eigenvalue weighted by atomic mass is 10.4. The molecule has 14 heavy (non-hydrogen) atoms. The minimum absolute atomic E-state index is 0.708. The smallest absolute Gasteiger partial charge is 0.274 e. The van der Waals surface area contributed by atoms with Gasteiger partial charge in [0.2, 0.25) is 0 Å². The lowest BCUT2D eigenvalue weighted by molar-refractivity contribution is -0.143. The predicted octanol–water partition coefficient (Wildman–Crippen LogP) is 0.842. The van der Waals surface area contributed by atoms with E-state index in [4.69, 9.17) is 0 Å². The highest BCUT2D eigenvalue weighted by molar-refractivity contribution is 7.90. The highest BCUT2D eigenvalue weighted by atomic mass is 32.2. The fourth-order valence-corrected chi connectivity index (χ4v) is 1.79. The van der Waals surface area contributed by atoms with Crippen LogP contribution in [0.2, 0.25) is 0 Å². The first-order valence-electron chi connectivity index (χ1n) is 3.43. The van der Waals surface area contributed by atoms with Crippen LogP contribution in [0.1, 0.15) is 5.69 Å². The standard InChI is InChI=1S/C6H7F3N2O2S/c1-11-3-4(14(2,12)13)5(10-11)6(7,8)9/h3H,1-2H3. The summed E-state index contributed by atoms with van der Waals surface area (Å²) in [5.74, 6) is 0. The van der Waals surface area contributed by atoms with Crippen molar-refractivity contribution in [2.75, 3.05) is 6.26 Å². The van der Waals surface area contributed by atoms with E-state index >= 15 is 0 Å². The normalized spacial score (nSPS) is 13.2. The third kappa shape index (κ3) is 2.06. The second-order valence-electron chi connectivity index (χ2n) is 2.79. The van der Waals surface area contributed by atoms with Crippen LogP contribution < -0.4 is 0 Å². The maximum Gasteiger partial charge on any atom is 0.436 e. The number of halogens is 3. The molecular weight excluding hydrogens is 221 g/mol. The third-order valence-electron chi connectivity index (χ3n) is 1.46. The minimum Gasteiger partial charge on any atom is -0.274 e. The Morgan fingerprint density at radius 1 is 1.43 bits per heavy atom. The van der Waals surface area contributed by atoms with E-state index < -0.39 is 26.6 Å². The summed E-state index contributed by atoms with van der Waals surface area (Å²) < 4.78 is 59.5. The van der Waals surface area contributed by atoms with E-state index in [0.717, 1.165) is 10.9 Å². The quantitative estimate of drug-likeness (QED) is 0.715. The lowest BCUT2D eigenvalue weighted by Crippen LogP contribution is -2.11. The number of hydrogen-bond acceptors (Lipinski definition) is 3. The van der Waals surface area contributed by atoms with Gasteiger partial charge in [0.25, 0.3) is 0 Å². The Morgan fingerprint density at radius 2 is 1.93 bits per heavy atom. The molecule has 0 fully saturated rings. The lowest BCUT2D eigenvalue weighted by Gasteiger charge is -2.03. The molecule has 0 saturated heterocycles. The van der Waals surface area contributed by atoms with Gasteiger partial charge in [0.1, 0.15) is 4.90 Å². The van der Waals surface area contributed by atoms with Crippen molar-refractivity contribution in [1.29, 1.82) is 0 Å². The molecule has 1 heterocycles. The molecule has 0 aliphatic carbocycles. The molecule has 0 amide bonds. The number of nitrogens with zero attached hydrogens (tertiary/aromatic N) is 2. The number of rotatable bonds is 1. The minimum atomic E-state index is -4.75. The van der Waals surface area contributed by atoms with Gasteiger partial charge in [0, 0.05) is 19.5 Å². The number of sulfone groups is 1. The average molecular weight is 228 g/mol.